The second-order valence-corrected chi connectivity index (χ2v) is 4.98. The van der Waals surface area contributed by atoms with Gasteiger partial charge < -0.3 is 5.32 Å². The molecule has 1 N–H and O–H groups in total. The maximum Gasteiger partial charge on any atom is 0.252 e. The fourth-order valence-electron chi connectivity index (χ4n) is 1.98. The Balaban J connectivity index is 2.05. The number of aromatic nitrogens is 2. The van der Waals surface area contributed by atoms with Gasteiger partial charge in [0.25, 0.3) is 5.91 Å². The summed E-state index contributed by atoms with van der Waals surface area (Å²) in [7, 11) is 1.84. The lowest BCUT2D eigenvalue weighted by molar-refractivity contribution is -0.113. The normalized spacial score (nSPS) is 11.2. The molecule has 1 aromatic carbocycles. The van der Waals surface area contributed by atoms with E-state index in [4.69, 9.17) is 0 Å². The number of nitrogens with one attached hydrogen (secondary N) is 1. The third kappa shape index (κ3) is 4.10. The van der Waals surface area contributed by atoms with Crippen molar-refractivity contribution < 1.29 is 4.79 Å². The number of carbonyl (C=O) groups excluding carboxylic acids is 1. The van der Waals surface area contributed by atoms with Crippen LogP contribution in [-0.4, -0.2) is 15.7 Å². The molecule has 1 aromatic heterocycles. The van der Waals surface area contributed by atoms with Gasteiger partial charge in [0, 0.05) is 24.5 Å². The van der Waals surface area contributed by atoms with E-state index in [-0.39, 0.29) is 11.8 Å². The van der Waals surface area contributed by atoms with Gasteiger partial charge in [-0.2, -0.15) is 5.10 Å². The number of amides is 1. The Bertz CT molecular complexity index is 720. The predicted octanol–water partition coefficient (Wildman–Crippen LogP) is 2.99. The molecule has 1 unspecified atom stereocenters. The molecular formula is C18H19N3O. The molecule has 0 aliphatic heterocycles. The molecule has 2 rings (SSSR count). The maximum absolute atomic E-state index is 12.2. The van der Waals surface area contributed by atoms with E-state index in [1.54, 1.807) is 10.9 Å². The molecule has 4 nitrogen and oxygen atoms in total. The van der Waals surface area contributed by atoms with Crippen LogP contribution in [0.25, 0.3) is 0 Å². The van der Waals surface area contributed by atoms with E-state index < -0.39 is 0 Å². The smallest absolute Gasteiger partial charge is 0.252 e. The largest absolute Gasteiger partial charge is 0.322 e. The van der Waals surface area contributed by atoms with Crippen molar-refractivity contribution >= 4 is 11.6 Å². The van der Waals surface area contributed by atoms with E-state index in [0.29, 0.717) is 5.57 Å². The monoisotopic (exact) mass is 293 g/mol. The average Bonchev–Trinajstić information content (AvgIpc) is 2.94. The zero-order valence-electron chi connectivity index (χ0n) is 12.8. The number of carbonyl (C=O) groups is 1. The summed E-state index contributed by atoms with van der Waals surface area (Å²) in [5.74, 6) is 5.77. The van der Waals surface area contributed by atoms with E-state index in [0.717, 1.165) is 17.7 Å². The molecule has 0 saturated carbocycles. The average molecular weight is 293 g/mol. The van der Waals surface area contributed by atoms with Crippen LogP contribution in [0, 0.1) is 17.8 Å². The predicted molar refractivity (Wildman–Crippen MR) is 88.1 cm³/mol. The van der Waals surface area contributed by atoms with E-state index in [1.165, 1.54) is 0 Å². The van der Waals surface area contributed by atoms with Crippen LogP contribution in [0.1, 0.15) is 18.9 Å². The van der Waals surface area contributed by atoms with Crippen molar-refractivity contribution in [2.75, 3.05) is 5.32 Å². The first-order chi connectivity index (χ1) is 10.6. The quantitative estimate of drug-likeness (QED) is 0.696. The summed E-state index contributed by atoms with van der Waals surface area (Å²) in [5, 5.41) is 6.90. The number of hydrogen-bond donors (Lipinski definition) is 1. The third-order valence-corrected chi connectivity index (χ3v) is 3.25. The molecule has 0 aliphatic carbocycles. The van der Waals surface area contributed by atoms with Crippen LogP contribution in [0.3, 0.4) is 0 Å². The van der Waals surface area contributed by atoms with E-state index in [1.807, 2.05) is 50.5 Å². The zero-order valence-corrected chi connectivity index (χ0v) is 12.8. The molecule has 22 heavy (non-hydrogen) atoms. The molecule has 112 valence electrons. The van der Waals surface area contributed by atoms with Crippen molar-refractivity contribution in [1.82, 2.24) is 9.78 Å². The first-order valence-corrected chi connectivity index (χ1v) is 7.15. The Morgan fingerprint density at radius 3 is 2.73 bits per heavy atom. The second kappa shape index (κ2) is 7.28. The van der Waals surface area contributed by atoms with Gasteiger partial charge in [0.2, 0.25) is 0 Å². The van der Waals surface area contributed by atoms with Crippen LogP contribution in [0.4, 0.5) is 5.69 Å². The summed E-state index contributed by atoms with van der Waals surface area (Å²) >= 11 is 0. The van der Waals surface area contributed by atoms with Gasteiger partial charge in [-0.15, -0.1) is 0 Å². The summed E-state index contributed by atoms with van der Waals surface area (Å²) < 4.78 is 1.70. The summed E-state index contributed by atoms with van der Waals surface area (Å²) in [5.41, 5.74) is 2.06. The van der Waals surface area contributed by atoms with Crippen LogP contribution in [0.15, 0.2) is 54.9 Å². The first kappa shape index (κ1) is 15.6. The summed E-state index contributed by atoms with van der Waals surface area (Å²) in [6, 6.07) is 9.33. The highest BCUT2D eigenvalue weighted by Gasteiger charge is 2.15. The van der Waals surface area contributed by atoms with Gasteiger partial charge in [-0.05, 0) is 18.6 Å². The second-order valence-electron chi connectivity index (χ2n) is 4.98. The molecule has 1 atom stereocenters. The van der Waals surface area contributed by atoms with Gasteiger partial charge in [0.15, 0.2) is 0 Å². The standard InChI is InChI=1S/C18H19N3O/c1-4-16(11-10-15-12-19-21(3)13-15)14(2)18(22)20-17-8-6-5-7-9-17/h5-9,12-13,16H,2,4H2,1,3H3,(H,20,22). The third-order valence-electron chi connectivity index (χ3n) is 3.25. The topological polar surface area (TPSA) is 46.9 Å². The highest BCUT2D eigenvalue weighted by molar-refractivity contribution is 6.04. The van der Waals surface area contributed by atoms with Crippen molar-refractivity contribution in [3.05, 3.63) is 60.4 Å². The maximum atomic E-state index is 12.2. The van der Waals surface area contributed by atoms with Gasteiger partial charge in [-0.3, -0.25) is 9.48 Å². The van der Waals surface area contributed by atoms with Gasteiger partial charge in [-0.1, -0.05) is 43.5 Å². The highest BCUT2D eigenvalue weighted by atomic mass is 16.1. The Labute approximate surface area is 130 Å². The van der Waals surface area contributed by atoms with Crippen molar-refractivity contribution in [1.29, 1.82) is 0 Å². The number of para-hydroxylation sites is 1. The summed E-state index contributed by atoms with van der Waals surface area (Å²) in [6.45, 7) is 5.89. The molecule has 2 aromatic rings. The van der Waals surface area contributed by atoms with Crippen molar-refractivity contribution in [2.24, 2.45) is 13.0 Å². The number of aryl methyl sites for hydroxylation is 1. The zero-order chi connectivity index (χ0) is 15.9. The molecule has 0 bridgehead atoms. The van der Waals surface area contributed by atoms with Crippen LogP contribution < -0.4 is 5.32 Å². The first-order valence-electron chi connectivity index (χ1n) is 7.15. The van der Waals surface area contributed by atoms with E-state index in [9.17, 15) is 4.79 Å². The Kier molecular flexibility index (Phi) is 5.16. The fourth-order valence-corrected chi connectivity index (χ4v) is 1.98. The van der Waals surface area contributed by atoms with E-state index >= 15 is 0 Å². The lowest BCUT2D eigenvalue weighted by Gasteiger charge is -2.12. The Morgan fingerprint density at radius 1 is 1.41 bits per heavy atom. The van der Waals surface area contributed by atoms with Crippen LogP contribution >= 0.6 is 0 Å². The molecule has 1 heterocycles. The van der Waals surface area contributed by atoms with Crippen molar-refractivity contribution in [3.63, 3.8) is 0 Å². The minimum absolute atomic E-state index is 0.177. The SMILES string of the molecule is C=C(C(=O)Nc1ccccc1)C(C#Cc1cnn(C)c1)CC. The number of rotatable bonds is 4. The molecule has 0 fully saturated rings. The number of benzene rings is 1. The number of hydrogen-bond acceptors (Lipinski definition) is 2. The van der Waals surface area contributed by atoms with Crippen LogP contribution in [-0.2, 0) is 11.8 Å². The molecule has 4 heteroatoms. The molecule has 0 saturated heterocycles. The van der Waals surface area contributed by atoms with Crippen LogP contribution in [0.5, 0.6) is 0 Å². The highest BCUT2D eigenvalue weighted by Crippen LogP contribution is 2.15. The Morgan fingerprint density at radius 2 is 2.14 bits per heavy atom. The minimum atomic E-state index is -0.196. The van der Waals surface area contributed by atoms with Gasteiger partial charge >= 0.3 is 0 Å². The Hall–Kier alpha value is -2.80. The van der Waals surface area contributed by atoms with E-state index in [2.05, 4.69) is 28.8 Å². The van der Waals surface area contributed by atoms with Gasteiger partial charge in [0.1, 0.15) is 0 Å². The lowest BCUT2D eigenvalue weighted by Crippen LogP contribution is -2.18. The van der Waals surface area contributed by atoms with Crippen molar-refractivity contribution in [3.8, 4) is 11.8 Å². The fraction of sp³-hybridized carbons (Fsp3) is 0.222. The lowest BCUT2D eigenvalue weighted by atomic mass is 9.97. The molecule has 0 radical (unpaired) electrons. The molecule has 1 amide bonds. The molecular weight excluding hydrogens is 274 g/mol. The van der Waals surface area contributed by atoms with Crippen molar-refractivity contribution in [2.45, 2.75) is 13.3 Å². The summed E-state index contributed by atoms with van der Waals surface area (Å²) in [4.78, 5) is 12.2. The summed E-state index contributed by atoms with van der Waals surface area (Å²) in [6.07, 6.45) is 4.27. The number of anilines is 1. The molecule has 0 spiro atoms. The van der Waals surface area contributed by atoms with Crippen LogP contribution in [0.2, 0.25) is 0 Å². The molecule has 0 aliphatic rings. The number of nitrogens with zero attached hydrogens (tertiary/aromatic N) is 2. The van der Waals surface area contributed by atoms with Gasteiger partial charge in [-0.25, -0.2) is 0 Å². The minimum Gasteiger partial charge on any atom is -0.322 e. The van der Waals surface area contributed by atoms with Gasteiger partial charge in [0.05, 0.1) is 17.7 Å².